The maximum absolute atomic E-state index is 4.33. The molecule has 17 heavy (non-hydrogen) atoms. The van der Waals surface area contributed by atoms with Crippen molar-refractivity contribution in [3.8, 4) is 0 Å². The van der Waals surface area contributed by atoms with Gasteiger partial charge in [-0.25, -0.2) is 0 Å². The van der Waals surface area contributed by atoms with E-state index in [1.54, 1.807) is 0 Å². The van der Waals surface area contributed by atoms with Gasteiger partial charge in [-0.05, 0) is 54.4 Å². The van der Waals surface area contributed by atoms with Crippen LogP contribution in [0.2, 0.25) is 0 Å². The third-order valence-corrected chi connectivity index (χ3v) is 3.92. The SMILES string of the molecule is C=C(C1=C(C)C=CC2CC12)c1cccc(C)c1. The fraction of sp³-hybridized carbons (Fsp3) is 0.294. The molecule has 0 N–H and O–H groups in total. The van der Waals surface area contributed by atoms with Crippen LogP contribution in [-0.4, -0.2) is 0 Å². The molecular weight excluding hydrogens is 204 g/mol. The summed E-state index contributed by atoms with van der Waals surface area (Å²) in [5.41, 5.74) is 6.70. The summed E-state index contributed by atoms with van der Waals surface area (Å²) in [6.45, 7) is 8.67. The van der Waals surface area contributed by atoms with Gasteiger partial charge in [-0.2, -0.15) is 0 Å². The fourth-order valence-corrected chi connectivity index (χ4v) is 2.86. The normalized spacial score (nSPS) is 25.8. The van der Waals surface area contributed by atoms with Crippen LogP contribution in [0.15, 0.2) is 54.1 Å². The lowest BCUT2D eigenvalue weighted by Gasteiger charge is -2.16. The molecule has 0 bridgehead atoms. The molecule has 0 spiro atoms. The molecule has 2 aliphatic rings. The first kappa shape index (κ1) is 10.6. The monoisotopic (exact) mass is 222 g/mol. The molecule has 0 aromatic heterocycles. The lowest BCUT2D eigenvalue weighted by Crippen LogP contribution is -1.99. The number of fused-ring (bicyclic) bond motifs is 1. The Morgan fingerprint density at radius 3 is 2.88 bits per heavy atom. The van der Waals surface area contributed by atoms with E-state index in [0.29, 0.717) is 0 Å². The summed E-state index contributed by atoms with van der Waals surface area (Å²) in [6.07, 6.45) is 5.94. The van der Waals surface area contributed by atoms with Crippen LogP contribution in [0.25, 0.3) is 5.57 Å². The second kappa shape index (κ2) is 3.73. The Hall–Kier alpha value is -1.56. The number of allylic oxidation sites excluding steroid dienone is 5. The van der Waals surface area contributed by atoms with E-state index in [1.807, 2.05) is 0 Å². The van der Waals surface area contributed by atoms with Crippen molar-refractivity contribution < 1.29 is 0 Å². The smallest absolute Gasteiger partial charge is 0.00843 e. The summed E-state index contributed by atoms with van der Waals surface area (Å²) < 4.78 is 0. The van der Waals surface area contributed by atoms with Crippen LogP contribution in [0.3, 0.4) is 0 Å². The van der Waals surface area contributed by atoms with Crippen LogP contribution >= 0.6 is 0 Å². The first-order valence-corrected chi connectivity index (χ1v) is 6.32. The van der Waals surface area contributed by atoms with Crippen molar-refractivity contribution >= 4 is 5.57 Å². The largest absolute Gasteiger partial charge is 0.0909 e. The molecule has 0 heteroatoms. The first-order chi connectivity index (χ1) is 8.16. The van der Waals surface area contributed by atoms with Gasteiger partial charge in [-0.1, -0.05) is 48.6 Å². The number of aryl methyl sites for hydroxylation is 1. The zero-order valence-corrected chi connectivity index (χ0v) is 10.5. The molecular formula is C17H18. The van der Waals surface area contributed by atoms with E-state index in [2.05, 4.69) is 56.8 Å². The van der Waals surface area contributed by atoms with Crippen LogP contribution in [0, 0.1) is 18.8 Å². The number of hydrogen-bond donors (Lipinski definition) is 0. The van der Waals surface area contributed by atoms with Gasteiger partial charge in [0.2, 0.25) is 0 Å². The summed E-state index contributed by atoms with van der Waals surface area (Å²) >= 11 is 0. The second-order valence-electron chi connectivity index (χ2n) is 5.31. The van der Waals surface area contributed by atoms with Gasteiger partial charge in [0.15, 0.2) is 0 Å². The van der Waals surface area contributed by atoms with Gasteiger partial charge in [-0.3, -0.25) is 0 Å². The predicted molar refractivity (Wildman–Crippen MR) is 73.7 cm³/mol. The molecule has 1 aromatic carbocycles. The highest BCUT2D eigenvalue weighted by Crippen LogP contribution is 2.52. The molecule has 3 rings (SSSR count). The Kier molecular flexibility index (Phi) is 2.32. The zero-order chi connectivity index (χ0) is 12.0. The average molecular weight is 222 g/mol. The second-order valence-corrected chi connectivity index (χ2v) is 5.31. The Morgan fingerprint density at radius 1 is 1.29 bits per heavy atom. The Labute approximate surface area is 103 Å². The molecule has 2 atom stereocenters. The summed E-state index contributed by atoms with van der Waals surface area (Å²) in [5.74, 6) is 1.53. The molecule has 0 radical (unpaired) electrons. The van der Waals surface area contributed by atoms with Crippen molar-refractivity contribution in [1.82, 2.24) is 0 Å². The number of benzene rings is 1. The van der Waals surface area contributed by atoms with E-state index in [4.69, 9.17) is 0 Å². The van der Waals surface area contributed by atoms with Crippen LogP contribution in [0.5, 0.6) is 0 Å². The van der Waals surface area contributed by atoms with E-state index >= 15 is 0 Å². The van der Waals surface area contributed by atoms with Gasteiger partial charge in [0.05, 0.1) is 0 Å². The van der Waals surface area contributed by atoms with Gasteiger partial charge in [0.25, 0.3) is 0 Å². The highest BCUT2D eigenvalue weighted by molar-refractivity contribution is 5.81. The molecule has 0 saturated heterocycles. The van der Waals surface area contributed by atoms with E-state index in [0.717, 1.165) is 11.8 Å². The van der Waals surface area contributed by atoms with Gasteiger partial charge < -0.3 is 0 Å². The third kappa shape index (κ3) is 1.78. The van der Waals surface area contributed by atoms with Crippen molar-refractivity contribution in [3.63, 3.8) is 0 Å². The van der Waals surface area contributed by atoms with Crippen LogP contribution < -0.4 is 0 Å². The fourth-order valence-electron chi connectivity index (χ4n) is 2.86. The molecule has 1 aromatic rings. The minimum absolute atomic E-state index is 0.744. The van der Waals surface area contributed by atoms with Crippen LogP contribution in [-0.2, 0) is 0 Å². The number of hydrogen-bond acceptors (Lipinski definition) is 0. The third-order valence-electron chi connectivity index (χ3n) is 3.92. The average Bonchev–Trinajstić information content (AvgIpc) is 3.07. The molecule has 86 valence electrons. The quantitative estimate of drug-likeness (QED) is 0.689. The Morgan fingerprint density at radius 2 is 2.12 bits per heavy atom. The van der Waals surface area contributed by atoms with E-state index in [9.17, 15) is 0 Å². The highest BCUT2D eigenvalue weighted by atomic mass is 14.4. The first-order valence-electron chi connectivity index (χ1n) is 6.32. The summed E-state index contributed by atoms with van der Waals surface area (Å²) in [4.78, 5) is 0. The summed E-state index contributed by atoms with van der Waals surface area (Å²) in [5, 5.41) is 0. The molecule has 1 fully saturated rings. The van der Waals surface area contributed by atoms with Crippen molar-refractivity contribution in [2.24, 2.45) is 11.8 Å². The van der Waals surface area contributed by atoms with Crippen molar-refractivity contribution in [3.05, 3.63) is 65.3 Å². The van der Waals surface area contributed by atoms with Crippen LogP contribution in [0.4, 0.5) is 0 Å². The maximum Gasteiger partial charge on any atom is -0.00843 e. The maximum atomic E-state index is 4.33. The van der Waals surface area contributed by atoms with Crippen LogP contribution in [0.1, 0.15) is 24.5 Å². The Balaban J connectivity index is 2.00. The lowest BCUT2D eigenvalue weighted by atomic mass is 9.88. The summed E-state index contributed by atoms with van der Waals surface area (Å²) in [7, 11) is 0. The minimum Gasteiger partial charge on any atom is -0.0909 e. The van der Waals surface area contributed by atoms with Gasteiger partial charge in [-0.15, -0.1) is 0 Å². The van der Waals surface area contributed by atoms with E-state index < -0.39 is 0 Å². The Bertz CT molecular complexity index is 543. The molecule has 2 aliphatic carbocycles. The molecule has 0 amide bonds. The van der Waals surface area contributed by atoms with E-state index in [1.165, 1.54) is 34.3 Å². The zero-order valence-electron chi connectivity index (χ0n) is 10.5. The summed E-state index contributed by atoms with van der Waals surface area (Å²) in [6, 6.07) is 8.66. The molecule has 0 heterocycles. The molecule has 0 nitrogen and oxygen atoms in total. The van der Waals surface area contributed by atoms with Gasteiger partial charge >= 0.3 is 0 Å². The molecule has 1 saturated carbocycles. The topological polar surface area (TPSA) is 0 Å². The molecule has 0 aliphatic heterocycles. The predicted octanol–water partition coefficient (Wildman–Crippen LogP) is 4.53. The van der Waals surface area contributed by atoms with Crippen molar-refractivity contribution in [1.29, 1.82) is 0 Å². The van der Waals surface area contributed by atoms with Gasteiger partial charge in [0, 0.05) is 0 Å². The molecule has 2 unspecified atom stereocenters. The number of rotatable bonds is 2. The standard InChI is InChI=1S/C17H18/c1-11-5-4-6-14(9-11)13(3)17-12(2)7-8-15-10-16(15)17/h4-9,15-16H,3,10H2,1-2H3. The van der Waals surface area contributed by atoms with Crippen molar-refractivity contribution in [2.45, 2.75) is 20.3 Å². The van der Waals surface area contributed by atoms with E-state index in [-0.39, 0.29) is 0 Å². The van der Waals surface area contributed by atoms with Gasteiger partial charge in [0.1, 0.15) is 0 Å². The van der Waals surface area contributed by atoms with Crippen molar-refractivity contribution in [2.75, 3.05) is 0 Å². The lowest BCUT2D eigenvalue weighted by molar-refractivity contribution is 0.925. The highest BCUT2D eigenvalue weighted by Gasteiger charge is 2.41. The minimum atomic E-state index is 0.744.